The predicted octanol–water partition coefficient (Wildman–Crippen LogP) is 3.90. The predicted molar refractivity (Wildman–Crippen MR) is 86.6 cm³/mol. The molecule has 0 radical (unpaired) electrons. The van der Waals surface area contributed by atoms with Crippen molar-refractivity contribution in [3.63, 3.8) is 0 Å². The zero-order chi connectivity index (χ0) is 14.8. The van der Waals surface area contributed by atoms with E-state index < -0.39 is 0 Å². The minimum atomic E-state index is 0.848. The Morgan fingerprint density at radius 1 is 0.952 bits per heavy atom. The van der Waals surface area contributed by atoms with E-state index in [0.29, 0.717) is 0 Å². The highest BCUT2D eigenvalue weighted by molar-refractivity contribution is 5.86. The molecular formula is C19H17NO. The van der Waals surface area contributed by atoms with Crippen molar-refractivity contribution >= 4 is 10.9 Å². The van der Waals surface area contributed by atoms with Crippen LogP contribution in [-0.2, 0) is 7.05 Å². The van der Waals surface area contributed by atoms with Gasteiger partial charge in [-0.2, -0.15) is 0 Å². The molecule has 1 heterocycles. The van der Waals surface area contributed by atoms with Crippen LogP contribution in [0.2, 0.25) is 0 Å². The third-order valence-electron chi connectivity index (χ3n) is 3.78. The number of rotatable bonds is 1. The molecule has 2 aromatic carbocycles. The number of nitrogens with zero attached hydrogens (tertiary/aromatic N) is 1. The van der Waals surface area contributed by atoms with Crippen molar-refractivity contribution in [2.45, 2.75) is 6.92 Å². The maximum atomic E-state index is 5.16. The molecule has 0 spiro atoms. The molecule has 104 valence electrons. The highest BCUT2D eigenvalue weighted by Crippen LogP contribution is 2.23. The minimum Gasteiger partial charge on any atom is -0.497 e. The summed E-state index contributed by atoms with van der Waals surface area (Å²) in [7, 11) is 3.73. The molecule has 0 fully saturated rings. The highest BCUT2D eigenvalue weighted by Gasteiger charge is 2.08. The molecule has 3 aromatic rings. The first kappa shape index (κ1) is 13.3. The summed E-state index contributed by atoms with van der Waals surface area (Å²) in [6.45, 7) is 2.13. The second kappa shape index (κ2) is 5.38. The van der Waals surface area contributed by atoms with Crippen LogP contribution < -0.4 is 4.74 Å². The summed E-state index contributed by atoms with van der Waals surface area (Å²) in [4.78, 5) is 0. The minimum absolute atomic E-state index is 0.848. The lowest BCUT2D eigenvalue weighted by Gasteiger charge is -1.99. The molecule has 0 bridgehead atoms. The summed E-state index contributed by atoms with van der Waals surface area (Å²) in [5, 5.41) is 1.26. The molecule has 0 aliphatic heterocycles. The van der Waals surface area contributed by atoms with Gasteiger partial charge >= 0.3 is 0 Å². The van der Waals surface area contributed by atoms with Gasteiger partial charge in [-0.05, 0) is 48.7 Å². The molecule has 2 nitrogen and oxygen atoms in total. The molecule has 0 saturated carbocycles. The standard InChI is InChI=1S/C19H17NO/c1-14-17-6-4-5-7-19(17)20(2)18(14)13-10-15-8-11-16(21-3)12-9-15/h4-9,11-12H,1-3H3. The molecule has 0 aliphatic carbocycles. The number of aryl methyl sites for hydroxylation is 2. The molecule has 1 aromatic heterocycles. The van der Waals surface area contributed by atoms with Gasteiger partial charge in [0.25, 0.3) is 0 Å². The van der Waals surface area contributed by atoms with Crippen LogP contribution in [0.1, 0.15) is 16.8 Å². The summed E-state index contributed by atoms with van der Waals surface area (Å²) in [6.07, 6.45) is 0. The maximum Gasteiger partial charge on any atom is 0.118 e. The third-order valence-corrected chi connectivity index (χ3v) is 3.78. The van der Waals surface area contributed by atoms with Gasteiger partial charge in [0.2, 0.25) is 0 Å². The quantitative estimate of drug-likeness (QED) is 0.614. The molecule has 0 N–H and O–H groups in total. The lowest BCUT2D eigenvalue weighted by Crippen LogP contribution is -1.92. The average molecular weight is 275 g/mol. The molecule has 0 amide bonds. The van der Waals surface area contributed by atoms with Crippen molar-refractivity contribution in [2.24, 2.45) is 7.05 Å². The molecule has 2 heteroatoms. The van der Waals surface area contributed by atoms with Crippen LogP contribution in [0.5, 0.6) is 5.75 Å². The van der Waals surface area contributed by atoms with Gasteiger partial charge in [-0.15, -0.1) is 0 Å². The SMILES string of the molecule is COc1ccc(C#Cc2c(C)c3ccccc3n2C)cc1. The largest absolute Gasteiger partial charge is 0.497 e. The van der Waals surface area contributed by atoms with E-state index in [9.17, 15) is 0 Å². The first-order valence-corrected chi connectivity index (χ1v) is 6.91. The van der Waals surface area contributed by atoms with Crippen molar-refractivity contribution in [2.75, 3.05) is 7.11 Å². The van der Waals surface area contributed by atoms with Crippen molar-refractivity contribution in [1.82, 2.24) is 4.57 Å². The van der Waals surface area contributed by atoms with Crippen LogP contribution in [0.3, 0.4) is 0 Å². The summed E-state index contributed by atoms with van der Waals surface area (Å²) >= 11 is 0. The first-order valence-electron chi connectivity index (χ1n) is 6.91. The van der Waals surface area contributed by atoms with Crippen LogP contribution >= 0.6 is 0 Å². The second-order valence-corrected chi connectivity index (χ2v) is 5.03. The Labute approximate surface area is 125 Å². The molecular weight excluding hydrogens is 258 g/mol. The van der Waals surface area contributed by atoms with Gasteiger partial charge in [0, 0.05) is 23.5 Å². The number of benzene rings is 2. The Balaban J connectivity index is 2.04. The smallest absolute Gasteiger partial charge is 0.118 e. The molecule has 0 unspecified atom stereocenters. The van der Waals surface area contributed by atoms with E-state index in [2.05, 4.69) is 54.6 Å². The van der Waals surface area contributed by atoms with E-state index in [1.807, 2.05) is 24.3 Å². The Kier molecular flexibility index (Phi) is 3.41. The van der Waals surface area contributed by atoms with E-state index >= 15 is 0 Å². The number of hydrogen-bond donors (Lipinski definition) is 0. The summed E-state index contributed by atoms with van der Waals surface area (Å²) < 4.78 is 7.31. The van der Waals surface area contributed by atoms with Crippen molar-refractivity contribution in [3.05, 3.63) is 65.4 Å². The molecule has 21 heavy (non-hydrogen) atoms. The van der Waals surface area contributed by atoms with Crippen LogP contribution in [0, 0.1) is 18.8 Å². The number of para-hydroxylation sites is 1. The fraction of sp³-hybridized carbons (Fsp3) is 0.158. The Morgan fingerprint density at radius 2 is 1.67 bits per heavy atom. The van der Waals surface area contributed by atoms with Gasteiger partial charge in [0.1, 0.15) is 5.75 Å². The highest BCUT2D eigenvalue weighted by atomic mass is 16.5. The normalized spacial score (nSPS) is 10.2. The summed E-state index contributed by atoms with van der Waals surface area (Å²) in [5.74, 6) is 7.37. The Bertz CT molecular complexity index is 806. The van der Waals surface area contributed by atoms with Gasteiger partial charge < -0.3 is 9.30 Å². The second-order valence-electron chi connectivity index (χ2n) is 5.03. The lowest BCUT2D eigenvalue weighted by atomic mass is 10.1. The fourth-order valence-corrected chi connectivity index (χ4v) is 2.57. The van der Waals surface area contributed by atoms with Gasteiger partial charge in [0.15, 0.2) is 0 Å². The Hall–Kier alpha value is -2.66. The number of hydrogen-bond acceptors (Lipinski definition) is 1. The summed E-state index contributed by atoms with van der Waals surface area (Å²) in [5.41, 5.74) is 4.50. The van der Waals surface area contributed by atoms with Crippen molar-refractivity contribution in [3.8, 4) is 17.6 Å². The van der Waals surface area contributed by atoms with Crippen LogP contribution in [0.25, 0.3) is 10.9 Å². The maximum absolute atomic E-state index is 5.16. The number of fused-ring (bicyclic) bond motifs is 1. The molecule has 3 rings (SSSR count). The Morgan fingerprint density at radius 3 is 2.33 bits per heavy atom. The molecule has 0 saturated heterocycles. The van der Waals surface area contributed by atoms with Gasteiger partial charge in [-0.25, -0.2) is 0 Å². The first-order chi connectivity index (χ1) is 10.2. The van der Waals surface area contributed by atoms with E-state index in [4.69, 9.17) is 4.74 Å². The van der Waals surface area contributed by atoms with Crippen molar-refractivity contribution < 1.29 is 4.74 Å². The van der Waals surface area contributed by atoms with Gasteiger partial charge in [-0.3, -0.25) is 0 Å². The van der Waals surface area contributed by atoms with Crippen LogP contribution in [-0.4, -0.2) is 11.7 Å². The van der Waals surface area contributed by atoms with Crippen molar-refractivity contribution in [1.29, 1.82) is 0 Å². The van der Waals surface area contributed by atoms with E-state index in [-0.39, 0.29) is 0 Å². The van der Waals surface area contributed by atoms with Gasteiger partial charge in [0.05, 0.1) is 12.8 Å². The molecule has 0 atom stereocenters. The molecule has 0 aliphatic rings. The zero-order valence-electron chi connectivity index (χ0n) is 12.5. The fourth-order valence-electron chi connectivity index (χ4n) is 2.57. The average Bonchev–Trinajstić information content (AvgIpc) is 2.78. The van der Waals surface area contributed by atoms with Crippen LogP contribution in [0.4, 0.5) is 0 Å². The van der Waals surface area contributed by atoms with E-state index in [1.54, 1.807) is 7.11 Å². The summed E-state index contributed by atoms with van der Waals surface area (Å²) in [6, 6.07) is 16.2. The number of aromatic nitrogens is 1. The monoisotopic (exact) mass is 275 g/mol. The number of ether oxygens (including phenoxy) is 1. The van der Waals surface area contributed by atoms with E-state index in [1.165, 1.54) is 16.5 Å². The van der Waals surface area contributed by atoms with Crippen LogP contribution in [0.15, 0.2) is 48.5 Å². The zero-order valence-corrected chi connectivity index (χ0v) is 12.5. The van der Waals surface area contributed by atoms with Gasteiger partial charge in [-0.1, -0.05) is 24.1 Å². The number of methoxy groups -OCH3 is 1. The van der Waals surface area contributed by atoms with E-state index in [0.717, 1.165) is 17.0 Å². The topological polar surface area (TPSA) is 14.2 Å². The lowest BCUT2D eigenvalue weighted by molar-refractivity contribution is 0.415. The third kappa shape index (κ3) is 2.39.